The third-order valence-electron chi connectivity index (χ3n) is 4.10. The number of aromatic nitrogens is 2. The number of aryl methyl sites for hydroxylation is 1. The minimum atomic E-state index is 0.588. The lowest BCUT2D eigenvalue weighted by atomic mass is 9.98. The molecule has 4 nitrogen and oxygen atoms in total. The first-order valence-electron chi connectivity index (χ1n) is 7.29. The predicted molar refractivity (Wildman–Crippen MR) is 82.0 cm³/mol. The molecule has 0 amide bonds. The highest BCUT2D eigenvalue weighted by molar-refractivity contribution is 5.60. The van der Waals surface area contributed by atoms with Gasteiger partial charge in [0.15, 0.2) is 0 Å². The Morgan fingerprint density at radius 1 is 1.35 bits per heavy atom. The fourth-order valence-corrected chi connectivity index (χ4v) is 3.11. The van der Waals surface area contributed by atoms with Crippen molar-refractivity contribution in [2.75, 3.05) is 24.5 Å². The topological polar surface area (TPSA) is 47.1 Å². The second-order valence-electron chi connectivity index (χ2n) is 5.55. The summed E-state index contributed by atoms with van der Waals surface area (Å²) in [7, 11) is 1.96. The van der Waals surface area contributed by atoms with E-state index in [1.54, 1.807) is 0 Å². The number of anilines is 1. The number of hydrogen-bond donors (Lipinski definition) is 1. The Hall–Kier alpha value is -1.81. The van der Waals surface area contributed by atoms with Gasteiger partial charge in [-0.25, -0.2) is 0 Å². The molecule has 4 heteroatoms. The molecule has 1 aromatic heterocycles. The van der Waals surface area contributed by atoms with Gasteiger partial charge in [-0.3, -0.25) is 4.68 Å². The molecular weight excluding hydrogens is 248 g/mol. The van der Waals surface area contributed by atoms with Crippen LogP contribution in [0.2, 0.25) is 0 Å². The van der Waals surface area contributed by atoms with Gasteiger partial charge in [0.05, 0.1) is 6.20 Å². The van der Waals surface area contributed by atoms with Crippen molar-refractivity contribution in [1.82, 2.24) is 9.78 Å². The fraction of sp³-hybridized carbons (Fsp3) is 0.438. The fourth-order valence-electron chi connectivity index (χ4n) is 3.11. The Balaban J connectivity index is 1.71. The second-order valence-corrected chi connectivity index (χ2v) is 5.55. The van der Waals surface area contributed by atoms with Crippen LogP contribution >= 0.6 is 0 Å². The Morgan fingerprint density at radius 3 is 2.95 bits per heavy atom. The molecular formula is C16H22N4. The number of fused-ring (bicyclic) bond motifs is 1. The van der Waals surface area contributed by atoms with Crippen LogP contribution in [0.4, 0.5) is 5.69 Å². The van der Waals surface area contributed by atoms with Crippen LogP contribution in [0.5, 0.6) is 0 Å². The van der Waals surface area contributed by atoms with Gasteiger partial charge in [0, 0.05) is 37.9 Å². The molecule has 1 unspecified atom stereocenters. The largest absolute Gasteiger partial charge is 0.370 e. The van der Waals surface area contributed by atoms with E-state index >= 15 is 0 Å². The van der Waals surface area contributed by atoms with Gasteiger partial charge < -0.3 is 10.6 Å². The van der Waals surface area contributed by atoms with Gasteiger partial charge in [0.1, 0.15) is 0 Å². The highest BCUT2D eigenvalue weighted by Crippen LogP contribution is 2.37. The molecule has 106 valence electrons. The van der Waals surface area contributed by atoms with Crippen molar-refractivity contribution < 1.29 is 0 Å². The van der Waals surface area contributed by atoms with E-state index in [4.69, 9.17) is 5.73 Å². The van der Waals surface area contributed by atoms with Crippen LogP contribution in [0.1, 0.15) is 23.5 Å². The molecule has 0 spiro atoms. The summed E-state index contributed by atoms with van der Waals surface area (Å²) in [6.07, 6.45) is 6.16. The van der Waals surface area contributed by atoms with Crippen LogP contribution < -0.4 is 10.6 Å². The smallest absolute Gasteiger partial charge is 0.0522 e. The van der Waals surface area contributed by atoms with Crippen molar-refractivity contribution in [2.45, 2.75) is 18.8 Å². The summed E-state index contributed by atoms with van der Waals surface area (Å²) in [5.41, 5.74) is 9.89. The minimum Gasteiger partial charge on any atom is -0.370 e. The van der Waals surface area contributed by atoms with Gasteiger partial charge in [-0.2, -0.15) is 5.10 Å². The number of nitrogens with zero attached hydrogens (tertiary/aromatic N) is 3. The van der Waals surface area contributed by atoms with Crippen molar-refractivity contribution in [3.05, 3.63) is 47.8 Å². The van der Waals surface area contributed by atoms with Crippen LogP contribution in [0.25, 0.3) is 0 Å². The van der Waals surface area contributed by atoms with Crippen molar-refractivity contribution >= 4 is 5.69 Å². The molecule has 0 aliphatic carbocycles. The lowest BCUT2D eigenvalue weighted by Gasteiger charge is -2.19. The SMILES string of the molecule is Cn1cc(CCN2CC(CCN)c3ccccc32)cn1. The highest BCUT2D eigenvalue weighted by atomic mass is 15.2. The number of benzene rings is 1. The zero-order valence-corrected chi connectivity index (χ0v) is 12.0. The molecule has 0 saturated carbocycles. The zero-order chi connectivity index (χ0) is 13.9. The summed E-state index contributed by atoms with van der Waals surface area (Å²) in [4.78, 5) is 2.49. The van der Waals surface area contributed by atoms with Crippen LogP contribution in [0, 0.1) is 0 Å². The van der Waals surface area contributed by atoms with Crippen LogP contribution in [0.15, 0.2) is 36.7 Å². The van der Waals surface area contributed by atoms with Crippen molar-refractivity contribution in [2.24, 2.45) is 12.8 Å². The van der Waals surface area contributed by atoms with Gasteiger partial charge in [0.25, 0.3) is 0 Å². The van der Waals surface area contributed by atoms with Crippen molar-refractivity contribution in [1.29, 1.82) is 0 Å². The minimum absolute atomic E-state index is 0.588. The molecule has 0 fully saturated rings. The Kier molecular flexibility index (Phi) is 3.74. The normalized spacial score (nSPS) is 17.5. The molecule has 1 aromatic carbocycles. The molecule has 20 heavy (non-hydrogen) atoms. The van der Waals surface area contributed by atoms with E-state index in [0.29, 0.717) is 5.92 Å². The second kappa shape index (κ2) is 5.67. The van der Waals surface area contributed by atoms with E-state index in [-0.39, 0.29) is 0 Å². The lowest BCUT2D eigenvalue weighted by Crippen LogP contribution is -2.25. The molecule has 1 aliphatic rings. The average molecular weight is 270 g/mol. The number of nitrogens with two attached hydrogens (primary N) is 1. The molecule has 3 rings (SSSR count). The standard InChI is InChI=1S/C16H22N4/c1-19-11-13(10-18-19)7-9-20-12-14(6-8-17)15-4-2-3-5-16(15)20/h2-5,10-11,14H,6-9,12,17H2,1H3. The Labute approximate surface area is 120 Å². The van der Waals surface area contributed by atoms with Crippen LogP contribution in [-0.2, 0) is 13.5 Å². The maximum atomic E-state index is 5.75. The molecule has 0 radical (unpaired) electrons. The van der Waals surface area contributed by atoms with E-state index in [2.05, 4.69) is 40.5 Å². The van der Waals surface area contributed by atoms with Crippen molar-refractivity contribution in [3.8, 4) is 0 Å². The van der Waals surface area contributed by atoms with Gasteiger partial charge in [0.2, 0.25) is 0 Å². The average Bonchev–Trinajstić information content (AvgIpc) is 3.02. The number of para-hydroxylation sites is 1. The summed E-state index contributed by atoms with van der Waals surface area (Å²) in [5, 5.41) is 4.23. The number of hydrogen-bond acceptors (Lipinski definition) is 3. The summed E-state index contributed by atoms with van der Waals surface area (Å²) < 4.78 is 1.87. The van der Waals surface area contributed by atoms with Gasteiger partial charge in [-0.05, 0) is 36.6 Å². The van der Waals surface area contributed by atoms with Gasteiger partial charge in [-0.1, -0.05) is 18.2 Å². The van der Waals surface area contributed by atoms with E-state index in [1.165, 1.54) is 16.8 Å². The monoisotopic (exact) mass is 270 g/mol. The molecule has 0 bridgehead atoms. The number of rotatable bonds is 5. The maximum absolute atomic E-state index is 5.75. The van der Waals surface area contributed by atoms with Gasteiger partial charge in [-0.15, -0.1) is 0 Å². The molecule has 1 atom stereocenters. The first-order chi connectivity index (χ1) is 9.78. The third-order valence-corrected chi connectivity index (χ3v) is 4.10. The molecule has 1 aliphatic heterocycles. The first kappa shape index (κ1) is 13.2. The van der Waals surface area contributed by atoms with Crippen molar-refractivity contribution in [3.63, 3.8) is 0 Å². The van der Waals surface area contributed by atoms with E-state index in [1.807, 2.05) is 17.9 Å². The summed E-state index contributed by atoms with van der Waals surface area (Å²) in [6, 6.07) is 8.74. The summed E-state index contributed by atoms with van der Waals surface area (Å²) in [6.45, 7) is 2.90. The van der Waals surface area contributed by atoms with E-state index in [9.17, 15) is 0 Å². The van der Waals surface area contributed by atoms with E-state index in [0.717, 1.165) is 32.5 Å². The lowest BCUT2D eigenvalue weighted by molar-refractivity contribution is 0.643. The van der Waals surface area contributed by atoms with Gasteiger partial charge >= 0.3 is 0 Å². The Morgan fingerprint density at radius 2 is 2.20 bits per heavy atom. The van der Waals surface area contributed by atoms with Crippen LogP contribution in [0.3, 0.4) is 0 Å². The quantitative estimate of drug-likeness (QED) is 0.903. The molecule has 0 saturated heterocycles. The molecule has 2 aromatic rings. The highest BCUT2D eigenvalue weighted by Gasteiger charge is 2.27. The third kappa shape index (κ3) is 2.56. The molecule has 2 N–H and O–H groups in total. The summed E-state index contributed by atoms with van der Waals surface area (Å²) in [5.74, 6) is 0.588. The summed E-state index contributed by atoms with van der Waals surface area (Å²) >= 11 is 0. The Bertz CT molecular complexity index is 575. The zero-order valence-electron chi connectivity index (χ0n) is 12.0. The van der Waals surface area contributed by atoms with Crippen LogP contribution in [-0.4, -0.2) is 29.4 Å². The first-order valence-corrected chi connectivity index (χ1v) is 7.29. The maximum Gasteiger partial charge on any atom is 0.0522 e. The molecule has 2 heterocycles. The van der Waals surface area contributed by atoms with E-state index < -0.39 is 0 Å². The predicted octanol–water partition coefficient (Wildman–Crippen LogP) is 1.92.